The molecule has 3 rings (SSSR count). The van der Waals surface area contributed by atoms with Crippen LogP contribution in [0.15, 0.2) is 29.2 Å². The summed E-state index contributed by atoms with van der Waals surface area (Å²) < 4.78 is 29.0. The first-order chi connectivity index (χ1) is 10.5. The number of sulfonamides is 1. The molecule has 1 saturated heterocycles. The molecule has 1 aliphatic rings. The van der Waals surface area contributed by atoms with Gasteiger partial charge in [-0.2, -0.15) is 4.31 Å². The second-order valence-corrected chi connectivity index (χ2v) is 9.04. The fraction of sp³-hybridized carbons (Fsp3) is 0.500. The lowest BCUT2D eigenvalue weighted by Gasteiger charge is -2.32. The summed E-state index contributed by atoms with van der Waals surface area (Å²) >= 11 is 1.56. The van der Waals surface area contributed by atoms with Gasteiger partial charge in [-0.15, -0.1) is 11.3 Å². The number of piperidine rings is 1. The summed E-state index contributed by atoms with van der Waals surface area (Å²) in [6, 6.07) is 7.78. The first-order valence-electron chi connectivity index (χ1n) is 7.67. The van der Waals surface area contributed by atoms with Gasteiger partial charge in [0.1, 0.15) is 4.90 Å². The zero-order valence-corrected chi connectivity index (χ0v) is 14.6. The van der Waals surface area contributed by atoms with Gasteiger partial charge in [-0.1, -0.05) is 18.2 Å². The summed E-state index contributed by atoms with van der Waals surface area (Å²) in [7, 11) is -1.49. The fourth-order valence-corrected chi connectivity index (χ4v) is 6.61. The van der Waals surface area contributed by atoms with Crippen molar-refractivity contribution in [1.29, 1.82) is 0 Å². The minimum atomic E-state index is -3.41. The molecule has 1 unspecified atom stereocenters. The normalized spacial score (nSPS) is 20.5. The molecule has 2 heterocycles. The number of fused-ring (bicyclic) bond motifs is 1. The molecule has 1 atom stereocenters. The molecule has 0 radical (unpaired) electrons. The van der Waals surface area contributed by atoms with Crippen LogP contribution in [0.3, 0.4) is 0 Å². The van der Waals surface area contributed by atoms with Crippen molar-refractivity contribution in [3.05, 3.63) is 29.1 Å². The molecular formula is C16H22N2O2S2. The summed E-state index contributed by atoms with van der Waals surface area (Å²) in [5.41, 5.74) is 0. The van der Waals surface area contributed by atoms with E-state index in [-0.39, 0.29) is 0 Å². The van der Waals surface area contributed by atoms with Crippen LogP contribution in [0.1, 0.15) is 17.7 Å². The fourth-order valence-electron chi connectivity index (χ4n) is 3.29. The number of benzene rings is 1. The van der Waals surface area contributed by atoms with E-state index in [2.05, 4.69) is 5.32 Å². The average molecular weight is 338 g/mol. The van der Waals surface area contributed by atoms with Gasteiger partial charge in [0.2, 0.25) is 10.0 Å². The van der Waals surface area contributed by atoms with Crippen LogP contribution in [0.25, 0.3) is 10.1 Å². The first-order valence-corrected chi connectivity index (χ1v) is 9.92. The highest BCUT2D eigenvalue weighted by Crippen LogP contribution is 2.36. The standard InChI is InChI=1S/C16H22N2O2S2/c1-12-16(14-7-3-4-8-15(14)21-12)22(19,20)18-9-5-6-13(11-18)10-17-2/h3-4,7-8,13,17H,5-6,9-11H2,1-2H3. The smallest absolute Gasteiger partial charge is 0.244 e. The van der Waals surface area contributed by atoms with Gasteiger partial charge in [0, 0.05) is 28.1 Å². The maximum Gasteiger partial charge on any atom is 0.244 e. The molecule has 1 aliphatic heterocycles. The van der Waals surface area contributed by atoms with Crippen LogP contribution in [0, 0.1) is 12.8 Å². The van der Waals surface area contributed by atoms with Crippen molar-refractivity contribution in [3.8, 4) is 0 Å². The minimum Gasteiger partial charge on any atom is -0.319 e. The molecule has 0 spiro atoms. The number of rotatable bonds is 4. The highest BCUT2D eigenvalue weighted by molar-refractivity contribution is 7.89. The van der Waals surface area contributed by atoms with E-state index in [1.54, 1.807) is 15.6 Å². The SMILES string of the molecule is CNCC1CCCN(S(=O)(=O)c2c(C)sc3ccccc23)C1. The van der Waals surface area contributed by atoms with E-state index >= 15 is 0 Å². The Hall–Kier alpha value is -0.950. The van der Waals surface area contributed by atoms with E-state index in [1.165, 1.54) is 0 Å². The Balaban J connectivity index is 1.99. The van der Waals surface area contributed by atoms with Crippen LogP contribution in [0.4, 0.5) is 0 Å². The van der Waals surface area contributed by atoms with Gasteiger partial charge in [0.05, 0.1) is 0 Å². The van der Waals surface area contributed by atoms with Gasteiger partial charge in [-0.25, -0.2) is 8.42 Å². The van der Waals surface area contributed by atoms with Gasteiger partial charge in [-0.05, 0) is 45.3 Å². The van der Waals surface area contributed by atoms with Gasteiger partial charge in [0.25, 0.3) is 0 Å². The Labute approximate surface area is 136 Å². The Bertz CT molecular complexity index is 766. The molecule has 2 aromatic rings. The third-order valence-electron chi connectivity index (χ3n) is 4.29. The quantitative estimate of drug-likeness (QED) is 0.932. The molecule has 0 aliphatic carbocycles. The van der Waals surface area contributed by atoms with Crippen LogP contribution in [-0.4, -0.2) is 39.4 Å². The minimum absolute atomic E-state index is 0.402. The largest absolute Gasteiger partial charge is 0.319 e. The lowest BCUT2D eigenvalue weighted by Crippen LogP contribution is -2.42. The van der Waals surface area contributed by atoms with E-state index in [9.17, 15) is 8.42 Å². The number of thiophene rings is 1. The van der Waals surface area contributed by atoms with Crippen molar-refractivity contribution in [2.45, 2.75) is 24.7 Å². The second kappa shape index (κ2) is 6.28. The van der Waals surface area contributed by atoms with Crippen LogP contribution < -0.4 is 5.32 Å². The van der Waals surface area contributed by atoms with E-state index in [0.29, 0.717) is 23.9 Å². The molecule has 22 heavy (non-hydrogen) atoms. The predicted molar refractivity (Wildman–Crippen MR) is 92.0 cm³/mol. The molecule has 0 amide bonds. The molecule has 120 valence electrons. The van der Waals surface area contributed by atoms with Gasteiger partial charge >= 0.3 is 0 Å². The topological polar surface area (TPSA) is 49.4 Å². The zero-order chi connectivity index (χ0) is 15.7. The van der Waals surface area contributed by atoms with Crippen molar-refractivity contribution in [2.75, 3.05) is 26.7 Å². The molecule has 0 saturated carbocycles. The summed E-state index contributed by atoms with van der Waals surface area (Å²) in [6.07, 6.45) is 2.03. The molecule has 1 N–H and O–H groups in total. The van der Waals surface area contributed by atoms with Crippen molar-refractivity contribution >= 4 is 31.4 Å². The maximum atomic E-state index is 13.1. The lowest BCUT2D eigenvalue weighted by molar-refractivity contribution is 0.263. The zero-order valence-electron chi connectivity index (χ0n) is 13.0. The van der Waals surface area contributed by atoms with E-state index in [4.69, 9.17) is 0 Å². The summed E-state index contributed by atoms with van der Waals surface area (Å²) in [5, 5.41) is 4.03. The number of aryl methyl sites for hydroxylation is 1. The second-order valence-electron chi connectivity index (χ2n) is 5.91. The van der Waals surface area contributed by atoms with Gasteiger partial charge in [0.15, 0.2) is 0 Å². The van der Waals surface area contributed by atoms with Crippen LogP contribution in [0.5, 0.6) is 0 Å². The van der Waals surface area contributed by atoms with E-state index in [1.807, 2.05) is 38.2 Å². The van der Waals surface area contributed by atoms with Crippen LogP contribution in [0.2, 0.25) is 0 Å². The summed E-state index contributed by atoms with van der Waals surface area (Å²) in [5.74, 6) is 0.402. The third kappa shape index (κ3) is 2.80. The molecule has 0 bridgehead atoms. The predicted octanol–water partition coefficient (Wildman–Crippen LogP) is 2.83. The van der Waals surface area contributed by atoms with Crippen LogP contribution >= 0.6 is 11.3 Å². The van der Waals surface area contributed by atoms with Crippen LogP contribution in [-0.2, 0) is 10.0 Å². The maximum absolute atomic E-state index is 13.1. The Morgan fingerprint density at radius 3 is 2.91 bits per heavy atom. The number of hydrogen-bond acceptors (Lipinski definition) is 4. The van der Waals surface area contributed by atoms with Gasteiger partial charge in [-0.3, -0.25) is 0 Å². The van der Waals surface area contributed by atoms with Crippen molar-refractivity contribution < 1.29 is 8.42 Å². The number of nitrogens with zero attached hydrogens (tertiary/aromatic N) is 1. The highest BCUT2D eigenvalue weighted by atomic mass is 32.2. The van der Waals surface area contributed by atoms with Gasteiger partial charge < -0.3 is 5.32 Å². The first kappa shape index (κ1) is 15.9. The molecule has 4 nitrogen and oxygen atoms in total. The summed E-state index contributed by atoms with van der Waals surface area (Å²) in [6.45, 7) is 4.03. The monoisotopic (exact) mass is 338 g/mol. The molecule has 1 aromatic heterocycles. The van der Waals surface area contributed by atoms with E-state index in [0.717, 1.165) is 34.3 Å². The van der Waals surface area contributed by atoms with E-state index < -0.39 is 10.0 Å². The van der Waals surface area contributed by atoms with Crippen molar-refractivity contribution in [1.82, 2.24) is 9.62 Å². The lowest BCUT2D eigenvalue weighted by atomic mass is 10.00. The Morgan fingerprint density at radius 1 is 1.36 bits per heavy atom. The van der Waals surface area contributed by atoms with Crippen molar-refractivity contribution in [3.63, 3.8) is 0 Å². The van der Waals surface area contributed by atoms with Crippen molar-refractivity contribution in [2.24, 2.45) is 5.92 Å². The summed E-state index contributed by atoms with van der Waals surface area (Å²) in [4.78, 5) is 1.40. The molecule has 6 heteroatoms. The Kier molecular flexibility index (Phi) is 4.54. The molecule has 1 fully saturated rings. The molecule has 1 aromatic carbocycles. The molecular weight excluding hydrogens is 316 g/mol. The Morgan fingerprint density at radius 2 is 2.14 bits per heavy atom. The highest BCUT2D eigenvalue weighted by Gasteiger charge is 2.33. The average Bonchev–Trinajstić information content (AvgIpc) is 2.84. The number of hydrogen-bond donors (Lipinski definition) is 1. The number of nitrogens with one attached hydrogen (secondary N) is 1. The third-order valence-corrected chi connectivity index (χ3v) is 7.56.